The van der Waals surface area contributed by atoms with Crippen molar-refractivity contribution in [3.8, 4) is 0 Å². The van der Waals surface area contributed by atoms with Gasteiger partial charge in [-0.05, 0) is 26.3 Å². The number of nitrogens with two attached hydrogens (primary N) is 1. The van der Waals surface area contributed by atoms with Crippen molar-refractivity contribution in [1.29, 1.82) is 0 Å². The fourth-order valence-corrected chi connectivity index (χ4v) is 2.05. The quantitative estimate of drug-likeness (QED) is 0.671. The second-order valence-electron chi connectivity index (χ2n) is 4.56. The second-order valence-corrected chi connectivity index (χ2v) is 4.56. The molecule has 1 heterocycles. The molecule has 5 nitrogen and oxygen atoms in total. The van der Waals surface area contributed by atoms with E-state index in [-0.39, 0.29) is 18.0 Å². The Balaban J connectivity index is 2.22. The van der Waals surface area contributed by atoms with E-state index in [4.69, 9.17) is 10.5 Å². The topological polar surface area (TPSA) is 67.6 Å². The molecule has 1 unspecified atom stereocenters. The third kappa shape index (κ3) is 4.92. The minimum atomic E-state index is 0.0543. The van der Waals surface area contributed by atoms with E-state index in [0.29, 0.717) is 13.2 Å². The van der Waals surface area contributed by atoms with E-state index < -0.39 is 0 Å². The van der Waals surface area contributed by atoms with Crippen LogP contribution in [0.15, 0.2) is 0 Å². The third-order valence-electron chi connectivity index (χ3n) is 2.73. The molecule has 1 saturated heterocycles. The highest BCUT2D eigenvalue weighted by Gasteiger charge is 2.19. The molecule has 1 fully saturated rings. The number of hydrogen-bond acceptors (Lipinski definition) is 4. The monoisotopic (exact) mass is 229 g/mol. The van der Waals surface area contributed by atoms with Crippen molar-refractivity contribution in [2.75, 3.05) is 33.4 Å². The molecule has 0 aromatic heterocycles. The first kappa shape index (κ1) is 13.4. The van der Waals surface area contributed by atoms with Crippen LogP contribution in [-0.2, 0) is 9.53 Å². The van der Waals surface area contributed by atoms with Crippen LogP contribution >= 0.6 is 0 Å². The summed E-state index contributed by atoms with van der Waals surface area (Å²) in [6.07, 6.45) is 2.15. The van der Waals surface area contributed by atoms with Gasteiger partial charge in [-0.3, -0.25) is 9.69 Å². The van der Waals surface area contributed by atoms with Crippen LogP contribution in [0, 0.1) is 0 Å². The van der Waals surface area contributed by atoms with Crippen LogP contribution < -0.4 is 11.1 Å². The molecule has 1 amide bonds. The molecule has 16 heavy (non-hydrogen) atoms. The summed E-state index contributed by atoms with van der Waals surface area (Å²) in [5, 5.41) is 2.90. The van der Waals surface area contributed by atoms with Gasteiger partial charge in [-0.2, -0.15) is 0 Å². The summed E-state index contributed by atoms with van der Waals surface area (Å²) in [5.74, 6) is 0.0543. The number of ether oxygens (including phenoxy) is 1. The van der Waals surface area contributed by atoms with Gasteiger partial charge >= 0.3 is 0 Å². The predicted molar refractivity (Wildman–Crippen MR) is 63.1 cm³/mol. The van der Waals surface area contributed by atoms with Crippen molar-refractivity contribution < 1.29 is 9.53 Å². The summed E-state index contributed by atoms with van der Waals surface area (Å²) in [6, 6.07) is 0.286. The van der Waals surface area contributed by atoms with E-state index in [1.807, 2.05) is 6.92 Å². The maximum absolute atomic E-state index is 11.7. The van der Waals surface area contributed by atoms with Gasteiger partial charge < -0.3 is 15.8 Å². The van der Waals surface area contributed by atoms with E-state index in [1.54, 1.807) is 7.11 Å². The smallest absolute Gasteiger partial charge is 0.234 e. The standard InChI is InChI=1S/C11H23N3O2/c1-9(8-16-2)13-11(15)7-14-5-3-4-10(12)6-14/h9-10H,3-8,12H2,1-2H3,(H,13,15)/t9?,10-/m1/s1. The number of nitrogens with one attached hydrogen (secondary N) is 1. The number of carbonyl (C=O) groups is 1. The zero-order valence-corrected chi connectivity index (χ0v) is 10.2. The highest BCUT2D eigenvalue weighted by Crippen LogP contribution is 2.07. The third-order valence-corrected chi connectivity index (χ3v) is 2.73. The molecule has 0 aromatic rings. The fraction of sp³-hybridized carbons (Fsp3) is 0.909. The normalized spacial score (nSPS) is 24.1. The largest absolute Gasteiger partial charge is 0.383 e. The van der Waals surface area contributed by atoms with Gasteiger partial charge in [0, 0.05) is 25.7 Å². The molecular formula is C11H23N3O2. The number of methoxy groups -OCH3 is 1. The van der Waals surface area contributed by atoms with Crippen molar-refractivity contribution in [1.82, 2.24) is 10.2 Å². The van der Waals surface area contributed by atoms with Crippen LogP contribution in [-0.4, -0.2) is 56.2 Å². The summed E-state index contributed by atoms with van der Waals surface area (Å²) < 4.78 is 4.96. The molecule has 2 atom stereocenters. The minimum Gasteiger partial charge on any atom is -0.383 e. The van der Waals surface area contributed by atoms with Gasteiger partial charge in [-0.1, -0.05) is 0 Å². The van der Waals surface area contributed by atoms with E-state index in [9.17, 15) is 4.79 Å². The van der Waals surface area contributed by atoms with Crippen LogP contribution in [0.5, 0.6) is 0 Å². The van der Waals surface area contributed by atoms with Crippen molar-refractivity contribution >= 4 is 5.91 Å². The SMILES string of the molecule is COCC(C)NC(=O)CN1CCC[C@@H](N)C1. The van der Waals surface area contributed by atoms with E-state index in [1.165, 1.54) is 0 Å². The minimum absolute atomic E-state index is 0.0543. The van der Waals surface area contributed by atoms with Crippen molar-refractivity contribution in [2.45, 2.75) is 31.8 Å². The zero-order chi connectivity index (χ0) is 12.0. The molecule has 94 valence electrons. The van der Waals surface area contributed by atoms with Gasteiger partial charge in [-0.25, -0.2) is 0 Å². The van der Waals surface area contributed by atoms with E-state index in [2.05, 4.69) is 10.2 Å². The molecular weight excluding hydrogens is 206 g/mol. The number of piperidine rings is 1. The van der Waals surface area contributed by atoms with Crippen molar-refractivity contribution in [3.05, 3.63) is 0 Å². The van der Waals surface area contributed by atoms with Crippen LogP contribution in [0.1, 0.15) is 19.8 Å². The molecule has 0 bridgehead atoms. The first-order valence-corrected chi connectivity index (χ1v) is 5.88. The number of likely N-dealkylation sites (tertiary alicyclic amines) is 1. The second kappa shape index (κ2) is 6.83. The highest BCUT2D eigenvalue weighted by atomic mass is 16.5. The Labute approximate surface area is 97.3 Å². The summed E-state index contributed by atoms with van der Waals surface area (Å²) in [6.45, 7) is 4.72. The maximum Gasteiger partial charge on any atom is 0.234 e. The van der Waals surface area contributed by atoms with E-state index >= 15 is 0 Å². The molecule has 1 aliphatic heterocycles. The molecule has 5 heteroatoms. The number of rotatable bonds is 5. The summed E-state index contributed by atoms with van der Waals surface area (Å²) >= 11 is 0. The predicted octanol–water partition coefficient (Wildman–Crippen LogP) is -0.439. The molecule has 0 aromatic carbocycles. The summed E-state index contributed by atoms with van der Waals surface area (Å²) in [5.41, 5.74) is 5.86. The highest BCUT2D eigenvalue weighted by molar-refractivity contribution is 5.78. The maximum atomic E-state index is 11.7. The van der Waals surface area contributed by atoms with Gasteiger partial charge in [0.1, 0.15) is 0 Å². The molecule has 0 spiro atoms. The number of hydrogen-bond donors (Lipinski definition) is 2. The fourth-order valence-electron chi connectivity index (χ4n) is 2.05. The molecule has 0 radical (unpaired) electrons. The summed E-state index contributed by atoms with van der Waals surface area (Å²) in [7, 11) is 1.63. The Kier molecular flexibility index (Phi) is 5.73. The van der Waals surface area contributed by atoms with E-state index in [0.717, 1.165) is 25.9 Å². The first-order valence-electron chi connectivity index (χ1n) is 5.88. The van der Waals surface area contributed by atoms with Gasteiger partial charge in [0.05, 0.1) is 13.2 Å². The molecule has 1 aliphatic rings. The average Bonchev–Trinajstić information content (AvgIpc) is 2.17. The van der Waals surface area contributed by atoms with Crippen molar-refractivity contribution in [3.63, 3.8) is 0 Å². The lowest BCUT2D eigenvalue weighted by molar-refractivity contribution is -0.123. The molecule has 3 N–H and O–H groups in total. The Morgan fingerprint density at radius 2 is 2.44 bits per heavy atom. The lowest BCUT2D eigenvalue weighted by atomic mass is 10.1. The Bertz CT molecular complexity index is 223. The Hall–Kier alpha value is -0.650. The van der Waals surface area contributed by atoms with Gasteiger partial charge in [0.15, 0.2) is 0 Å². The average molecular weight is 229 g/mol. The van der Waals surface area contributed by atoms with Crippen molar-refractivity contribution in [2.24, 2.45) is 5.73 Å². The van der Waals surface area contributed by atoms with Crippen LogP contribution in [0.4, 0.5) is 0 Å². The zero-order valence-electron chi connectivity index (χ0n) is 10.2. The lowest BCUT2D eigenvalue weighted by Crippen LogP contribution is -2.48. The van der Waals surface area contributed by atoms with Crippen LogP contribution in [0.25, 0.3) is 0 Å². The van der Waals surface area contributed by atoms with Gasteiger partial charge in [0.2, 0.25) is 5.91 Å². The molecule has 0 aliphatic carbocycles. The first-order chi connectivity index (χ1) is 7.61. The number of nitrogens with zero attached hydrogens (tertiary/aromatic N) is 1. The molecule has 0 saturated carbocycles. The number of amides is 1. The van der Waals surface area contributed by atoms with Crippen LogP contribution in [0.2, 0.25) is 0 Å². The molecule has 1 rings (SSSR count). The number of carbonyl (C=O) groups excluding carboxylic acids is 1. The Morgan fingerprint density at radius 3 is 3.06 bits per heavy atom. The van der Waals surface area contributed by atoms with Crippen LogP contribution in [0.3, 0.4) is 0 Å². The van der Waals surface area contributed by atoms with Gasteiger partial charge in [0.25, 0.3) is 0 Å². The lowest BCUT2D eigenvalue weighted by Gasteiger charge is -2.30. The summed E-state index contributed by atoms with van der Waals surface area (Å²) in [4.78, 5) is 13.8. The van der Waals surface area contributed by atoms with Gasteiger partial charge in [-0.15, -0.1) is 0 Å². The Morgan fingerprint density at radius 1 is 1.69 bits per heavy atom.